The maximum Gasteiger partial charge on any atom is 0.193 e. The molecule has 1 atom stereocenters. The summed E-state index contributed by atoms with van der Waals surface area (Å²) in [6.45, 7) is 15.7. The van der Waals surface area contributed by atoms with Crippen molar-refractivity contribution in [1.82, 2.24) is 0 Å². The van der Waals surface area contributed by atoms with E-state index in [1.165, 1.54) is 0 Å². The zero-order valence-corrected chi connectivity index (χ0v) is 23.3. The number of aliphatic hydroxyl groups is 2. The number of anilines is 2. The number of carbonyl (C=O) groups is 1. The molecule has 6 heteroatoms. The fraction of sp³-hybridized carbons (Fsp3) is 0.387. The van der Waals surface area contributed by atoms with Crippen molar-refractivity contribution in [2.24, 2.45) is 0 Å². The average molecular weight is 507 g/mol. The lowest BCUT2D eigenvalue weighted by atomic mass is 9.76. The van der Waals surface area contributed by atoms with Crippen LogP contribution < -0.4 is 11.5 Å². The van der Waals surface area contributed by atoms with Crippen molar-refractivity contribution in [3.63, 3.8) is 0 Å². The summed E-state index contributed by atoms with van der Waals surface area (Å²) in [5.41, 5.74) is 24.4. The largest absolute Gasteiger partial charge is 0.412 e. The Morgan fingerprint density at radius 2 is 1.16 bits per heavy atom. The molecule has 0 saturated heterocycles. The van der Waals surface area contributed by atoms with Crippen LogP contribution in [0.1, 0.15) is 83.3 Å². The third-order valence-electron chi connectivity index (χ3n) is 7.10. The van der Waals surface area contributed by atoms with E-state index in [0.29, 0.717) is 5.56 Å². The van der Waals surface area contributed by atoms with E-state index in [0.717, 1.165) is 67.0 Å². The third-order valence-corrected chi connectivity index (χ3v) is 7.10. The second-order valence-electron chi connectivity index (χ2n) is 10.6. The van der Waals surface area contributed by atoms with Gasteiger partial charge in [-0.1, -0.05) is 27.7 Å². The fourth-order valence-corrected chi connectivity index (χ4v) is 5.09. The lowest BCUT2D eigenvalue weighted by Crippen LogP contribution is -2.26. The van der Waals surface area contributed by atoms with Gasteiger partial charge in [0, 0.05) is 16.9 Å². The molecule has 6 nitrogen and oxygen atoms in total. The lowest BCUT2D eigenvalue weighted by Gasteiger charge is -2.28. The third kappa shape index (κ3) is 5.57. The van der Waals surface area contributed by atoms with Gasteiger partial charge in [0.05, 0.1) is 6.61 Å². The predicted molar refractivity (Wildman–Crippen MR) is 154 cm³/mol. The van der Waals surface area contributed by atoms with Crippen LogP contribution in [0.3, 0.4) is 0 Å². The van der Waals surface area contributed by atoms with E-state index in [-0.39, 0.29) is 17.3 Å². The zero-order chi connectivity index (χ0) is 27.1. The van der Waals surface area contributed by atoms with E-state index in [9.17, 15) is 15.0 Å². The number of ketones is 1. The molecule has 37 heavy (non-hydrogen) atoms. The van der Waals surface area contributed by atoms with Gasteiger partial charge in [0.1, 0.15) is 6.10 Å². The predicted octanol–water partition coefficient (Wildman–Crippen LogP) is 5.38. The highest BCUT2D eigenvalue weighted by atomic mass is 16.3. The van der Waals surface area contributed by atoms with Gasteiger partial charge in [-0.15, -0.1) is 0 Å². The maximum absolute atomic E-state index is 13.4. The molecule has 3 aromatic rings. The Labute approximate surface area is 220 Å². The summed E-state index contributed by atoms with van der Waals surface area (Å²) in [5.74, 6) is -0.407. The van der Waals surface area contributed by atoms with Crippen molar-refractivity contribution in [2.45, 2.75) is 73.3 Å². The van der Waals surface area contributed by atoms with Gasteiger partial charge in [-0.2, -0.15) is 0 Å². The number of rotatable bonds is 7. The molecule has 3 aromatic carbocycles. The summed E-state index contributed by atoms with van der Waals surface area (Å²) in [4.78, 5) is 13.4. The first-order chi connectivity index (χ1) is 16.8. The minimum Gasteiger partial charge on any atom is -0.412 e. The number of aliphatic hydroxyl groups excluding tert-OH is 2. The second kappa shape index (κ2) is 11.5. The Kier molecular flexibility index (Phi) is 9.31. The molecule has 0 heterocycles. The molecule has 1 unspecified atom stereocenters. The first-order valence-electron chi connectivity index (χ1n) is 12.6. The van der Waals surface area contributed by atoms with Gasteiger partial charge in [0.2, 0.25) is 0 Å². The normalized spacial score (nSPS) is 12.1. The first-order valence-corrected chi connectivity index (χ1v) is 12.6. The van der Waals surface area contributed by atoms with Crippen LogP contribution in [0.2, 0.25) is 0 Å². The summed E-state index contributed by atoms with van der Waals surface area (Å²) in [6.07, 6.45) is -1.47. The molecule has 0 fully saturated rings. The molecule has 0 radical (unpaired) electrons. The molecule has 0 aliphatic carbocycles. The monoisotopic (exact) mass is 506 g/mol. The number of hydrogen-bond donors (Lipinski definition) is 4. The minimum absolute atomic E-state index is 0. The number of carbonyl (C=O) groups excluding carboxylic acids is 1. The number of hydrogen-bond acceptors (Lipinski definition) is 5. The van der Waals surface area contributed by atoms with Crippen molar-refractivity contribution >= 4 is 17.2 Å². The topological polar surface area (TPSA) is 141 Å². The van der Waals surface area contributed by atoms with Crippen LogP contribution in [-0.2, 0) is 0 Å². The molecule has 200 valence electrons. The Morgan fingerprint density at radius 3 is 1.51 bits per heavy atom. The van der Waals surface area contributed by atoms with Crippen LogP contribution in [0, 0.1) is 27.7 Å². The van der Waals surface area contributed by atoms with Crippen molar-refractivity contribution in [1.29, 1.82) is 0 Å². The Bertz CT molecular complexity index is 1280. The Morgan fingerprint density at radius 1 is 0.757 bits per heavy atom. The molecule has 0 bridgehead atoms. The fourth-order valence-electron chi connectivity index (χ4n) is 5.09. The van der Waals surface area contributed by atoms with Gasteiger partial charge in [-0.3, -0.25) is 4.79 Å². The molecular formula is C31H42N2O4. The summed E-state index contributed by atoms with van der Waals surface area (Å²) in [7, 11) is 0. The van der Waals surface area contributed by atoms with E-state index in [4.69, 9.17) is 11.5 Å². The minimum atomic E-state index is -1.47. The van der Waals surface area contributed by atoms with E-state index >= 15 is 0 Å². The molecule has 0 spiro atoms. The van der Waals surface area contributed by atoms with Crippen LogP contribution in [-0.4, -0.2) is 34.2 Å². The van der Waals surface area contributed by atoms with Gasteiger partial charge >= 0.3 is 0 Å². The van der Waals surface area contributed by atoms with E-state index in [1.54, 1.807) is 0 Å². The van der Waals surface area contributed by atoms with Crippen molar-refractivity contribution < 1.29 is 20.5 Å². The summed E-state index contributed by atoms with van der Waals surface area (Å²) in [5, 5.41) is 19.9. The Balaban J connectivity index is 0.00000481. The van der Waals surface area contributed by atoms with Crippen LogP contribution >= 0.6 is 0 Å². The van der Waals surface area contributed by atoms with Crippen molar-refractivity contribution in [2.75, 3.05) is 18.1 Å². The van der Waals surface area contributed by atoms with Crippen molar-refractivity contribution in [3.8, 4) is 22.3 Å². The highest BCUT2D eigenvalue weighted by Gasteiger charge is 2.29. The standard InChI is InChI=1S/C31H40N2O3.H2O/c1-15(2)23-13-24(31(36)25(35)14-34)26(16(3)4)28(22-11-19(7)30(33)20(8)12-22)27(23)21-9-17(5)29(32)18(6)10-21;/h9-13,15-16,25,34-35H,14,32-33H2,1-8H3;1H2. The Hall–Kier alpha value is -3.19. The number of benzene rings is 3. The summed E-state index contributed by atoms with van der Waals surface area (Å²) >= 11 is 0. The molecular weight excluding hydrogens is 464 g/mol. The van der Waals surface area contributed by atoms with Crippen molar-refractivity contribution in [3.05, 3.63) is 69.3 Å². The van der Waals surface area contributed by atoms with Crippen LogP contribution in [0.25, 0.3) is 22.3 Å². The molecule has 0 aliphatic heterocycles. The molecule has 0 aromatic heterocycles. The van der Waals surface area contributed by atoms with Crippen LogP contribution in [0.4, 0.5) is 11.4 Å². The van der Waals surface area contributed by atoms with E-state index < -0.39 is 18.5 Å². The highest BCUT2D eigenvalue weighted by molar-refractivity contribution is 6.05. The number of nitrogens with two attached hydrogens (primary N) is 2. The van der Waals surface area contributed by atoms with Gasteiger partial charge in [0.25, 0.3) is 0 Å². The van der Waals surface area contributed by atoms with E-state index in [1.807, 2.05) is 33.8 Å². The molecule has 0 amide bonds. The first kappa shape index (κ1) is 30.0. The quantitative estimate of drug-likeness (QED) is 0.252. The van der Waals surface area contributed by atoms with Crippen LogP contribution in [0.15, 0.2) is 30.3 Å². The maximum atomic E-state index is 13.4. The molecule has 0 saturated carbocycles. The number of aryl methyl sites for hydroxylation is 4. The zero-order valence-electron chi connectivity index (χ0n) is 23.3. The lowest BCUT2D eigenvalue weighted by molar-refractivity contribution is 0.0586. The smallest absolute Gasteiger partial charge is 0.193 e. The molecule has 0 aliphatic rings. The van der Waals surface area contributed by atoms with Gasteiger partial charge < -0.3 is 27.2 Å². The van der Waals surface area contributed by atoms with Gasteiger partial charge in [-0.05, 0) is 125 Å². The number of nitrogen functional groups attached to an aromatic ring is 2. The summed E-state index contributed by atoms with van der Waals surface area (Å²) < 4.78 is 0. The van der Waals surface area contributed by atoms with Gasteiger partial charge in [0.15, 0.2) is 5.78 Å². The molecule has 8 N–H and O–H groups in total. The highest BCUT2D eigenvalue weighted by Crippen LogP contribution is 2.46. The summed E-state index contributed by atoms with van der Waals surface area (Å²) in [6, 6.07) is 10.3. The van der Waals surface area contributed by atoms with E-state index in [2.05, 4.69) is 52.0 Å². The number of Topliss-reactive ketones (excluding diaryl/α,β-unsaturated/α-hetero) is 1. The average Bonchev–Trinajstić information content (AvgIpc) is 2.82. The SMILES string of the molecule is Cc1cc(-c2c(C(C)C)cc(C(=O)C(O)CO)c(C(C)C)c2-c2cc(C)c(N)c(C)c2)cc(C)c1N.O. The molecule has 3 rings (SSSR count). The second-order valence-corrected chi connectivity index (χ2v) is 10.6. The van der Waals surface area contributed by atoms with Crippen LogP contribution in [0.5, 0.6) is 0 Å². The van der Waals surface area contributed by atoms with Gasteiger partial charge in [-0.25, -0.2) is 0 Å².